The number of halogens is 1. The van der Waals surface area contributed by atoms with E-state index in [2.05, 4.69) is 10.6 Å². The lowest BCUT2D eigenvalue weighted by Crippen LogP contribution is -2.39. The van der Waals surface area contributed by atoms with E-state index < -0.39 is 18.5 Å². The molecule has 2 aromatic carbocycles. The number of nitrogens with one attached hydrogen (secondary N) is 2. The lowest BCUT2D eigenvalue weighted by atomic mass is 10.1. The number of nitrogens with zero attached hydrogens (tertiary/aromatic N) is 1. The second kappa shape index (κ2) is 10.9. The normalized spacial score (nSPS) is 10.4. The van der Waals surface area contributed by atoms with Gasteiger partial charge in [0.05, 0.1) is 5.56 Å². The minimum Gasteiger partial charge on any atom is -0.452 e. The van der Waals surface area contributed by atoms with Gasteiger partial charge in [0.25, 0.3) is 5.91 Å². The maximum Gasteiger partial charge on any atom is 0.338 e. The summed E-state index contributed by atoms with van der Waals surface area (Å²) < 4.78 is 18.3. The van der Waals surface area contributed by atoms with E-state index in [9.17, 15) is 18.8 Å². The summed E-state index contributed by atoms with van der Waals surface area (Å²) in [7, 11) is 1.55. The second-order valence-corrected chi connectivity index (χ2v) is 7.13. The van der Waals surface area contributed by atoms with E-state index >= 15 is 0 Å². The molecule has 0 saturated heterocycles. The molecule has 0 aliphatic heterocycles. The average Bonchev–Trinajstić information content (AvgIpc) is 2.70. The first-order valence-electron chi connectivity index (χ1n) is 9.53. The first kappa shape index (κ1) is 22.9. The van der Waals surface area contributed by atoms with E-state index in [-0.39, 0.29) is 24.4 Å². The zero-order chi connectivity index (χ0) is 22.1. The van der Waals surface area contributed by atoms with Crippen LogP contribution in [0.2, 0.25) is 0 Å². The van der Waals surface area contributed by atoms with Crippen molar-refractivity contribution >= 4 is 17.9 Å². The highest BCUT2D eigenvalue weighted by molar-refractivity contribution is 5.91. The fourth-order valence-electron chi connectivity index (χ4n) is 2.57. The van der Waals surface area contributed by atoms with Crippen LogP contribution in [-0.4, -0.2) is 42.5 Å². The molecule has 7 nitrogen and oxygen atoms in total. The Bertz CT molecular complexity index is 884. The number of benzene rings is 2. The van der Waals surface area contributed by atoms with Crippen LogP contribution in [-0.2, 0) is 22.6 Å². The van der Waals surface area contributed by atoms with Gasteiger partial charge in [0.1, 0.15) is 5.82 Å². The predicted molar refractivity (Wildman–Crippen MR) is 110 cm³/mol. The van der Waals surface area contributed by atoms with Crippen molar-refractivity contribution in [1.82, 2.24) is 15.5 Å². The molecule has 0 bridgehead atoms. The Morgan fingerprint density at radius 2 is 1.77 bits per heavy atom. The molecule has 0 saturated carbocycles. The number of carbonyl (C=O) groups excluding carboxylic acids is 3. The quantitative estimate of drug-likeness (QED) is 0.649. The van der Waals surface area contributed by atoms with E-state index in [4.69, 9.17) is 4.74 Å². The van der Waals surface area contributed by atoms with Gasteiger partial charge < -0.3 is 20.3 Å². The van der Waals surface area contributed by atoms with Crippen molar-refractivity contribution in [2.24, 2.45) is 0 Å². The van der Waals surface area contributed by atoms with Crippen LogP contribution in [0.5, 0.6) is 0 Å². The van der Waals surface area contributed by atoms with Gasteiger partial charge in [-0.15, -0.1) is 0 Å². The fraction of sp³-hybridized carbons (Fsp3) is 0.318. The number of hydrogen-bond acceptors (Lipinski definition) is 4. The highest BCUT2D eigenvalue weighted by Crippen LogP contribution is 2.08. The van der Waals surface area contributed by atoms with Crippen LogP contribution in [0, 0.1) is 5.82 Å². The molecule has 3 amide bonds. The fourth-order valence-corrected chi connectivity index (χ4v) is 2.57. The Kier molecular flexibility index (Phi) is 8.34. The summed E-state index contributed by atoms with van der Waals surface area (Å²) >= 11 is 0. The standard InChI is InChI=1S/C22H26FN3O4/c1-15(2)25-22(29)24-12-16-7-9-18(10-8-16)21(28)30-14-20(27)26(3)13-17-5-4-6-19(23)11-17/h4-11,15H,12-14H2,1-3H3,(H2,24,25,29). The van der Waals surface area contributed by atoms with E-state index in [0.29, 0.717) is 17.7 Å². The summed E-state index contributed by atoms with van der Waals surface area (Å²) in [6.45, 7) is 3.84. The number of amides is 3. The highest BCUT2D eigenvalue weighted by Gasteiger charge is 2.14. The van der Waals surface area contributed by atoms with Crippen molar-refractivity contribution in [2.45, 2.75) is 33.0 Å². The van der Waals surface area contributed by atoms with E-state index in [1.807, 2.05) is 13.8 Å². The van der Waals surface area contributed by atoms with E-state index in [1.165, 1.54) is 17.0 Å². The molecule has 0 atom stereocenters. The SMILES string of the molecule is CC(C)NC(=O)NCc1ccc(C(=O)OCC(=O)N(C)Cc2cccc(F)c2)cc1. The van der Waals surface area contributed by atoms with Crippen molar-refractivity contribution < 1.29 is 23.5 Å². The van der Waals surface area contributed by atoms with Crippen LogP contribution in [0.25, 0.3) is 0 Å². The minimum atomic E-state index is -0.625. The Labute approximate surface area is 175 Å². The van der Waals surface area contributed by atoms with Gasteiger partial charge in [-0.2, -0.15) is 0 Å². The number of ether oxygens (including phenoxy) is 1. The first-order valence-corrected chi connectivity index (χ1v) is 9.53. The summed E-state index contributed by atoms with van der Waals surface area (Å²) in [5.74, 6) is -1.40. The lowest BCUT2D eigenvalue weighted by molar-refractivity contribution is -0.133. The summed E-state index contributed by atoms with van der Waals surface area (Å²) in [6, 6.07) is 12.3. The van der Waals surface area contributed by atoms with E-state index in [0.717, 1.165) is 5.56 Å². The van der Waals surface area contributed by atoms with E-state index in [1.54, 1.807) is 43.4 Å². The van der Waals surface area contributed by atoms with Crippen molar-refractivity contribution in [1.29, 1.82) is 0 Å². The van der Waals surface area contributed by atoms with Gasteiger partial charge in [-0.1, -0.05) is 24.3 Å². The summed E-state index contributed by atoms with van der Waals surface area (Å²) in [4.78, 5) is 37.3. The zero-order valence-corrected chi connectivity index (χ0v) is 17.3. The third-order valence-electron chi connectivity index (χ3n) is 4.12. The van der Waals surface area contributed by atoms with Crippen molar-refractivity contribution in [3.05, 3.63) is 71.0 Å². The van der Waals surface area contributed by atoms with Crippen LogP contribution in [0.3, 0.4) is 0 Å². The van der Waals surface area contributed by atoms with Crippen molar-refractivity contribution in [2.75, 3.05) is 13.7 Å². The molecule has 30 heavy (non-hydrogen) atoms. The largest absolute Gasteiger partial charge is 0.452 e. The van der Waals surface area contributed by atoms with Crippen LogP contribution in [0.4, 0.5) is 9.18 Å². The number of likely N-dealkylation sites (N-methyl/N-ethyl adjacent to an activating group) is 1. The third-order valence-corrected chi connectivity index (χ3v) is 4.12. The number of urea groups is 1. The highest BCUT2D eigenvalue weighted by atomic mass is 19.1. The smallest absolute Gasteiger partial charge is 0.338 e. The molecular formula is C22H26FN3O4. The molecule has 0 unspecified atom stereocenters. The Balaban J connectivity index is 1.79. The molecule has 2 N–H and O–H groups in total. The zero-order valence-electron chi connectivity index (χ0n) is 17.3. The maximum atomic E-state index is 13.2. The molecule has 0 fully saturated rings. The van der Waals surface area contributed by atoms with Gasteiger partial charge >= 0.3 is 12.0 Å². The monoisotopic (exact) mass is 415 g/mol. The Hall–Kier alpha value is -3.42. The van der Waals surface area contributed by atoms with Gasteiger partial charge in [0.2, 0.25) is 0 Å². The molecule has 160 valence electrons. The summed E-state index contributed by atoms with van der Waals surface area (Å²) in [6.07, 6.45) is 0. The number of carbonyl (C=O) groups is 3. The lowest BCUT2D eigenvalue weighted by Gasteiger charge is -2.17. The third kappa shape index (κ3) is 7.54. The minimum absolute atomic E-state index is 0.0396. The first-order chi connectivity index (χ1) is 14.2. The van der Waals surface area contributed by atoms with Crippen LogP contribution in [0.15, 0.2) is 48.5 Å². The van der Waals surface area contributed by atoms with Gasteiger partial charge in [0.15, 0.2) is 6.61 Å². The second-order valence-electron chi connectivity index (χ2n) is 7.13. The molecule has 8 heteroatoms. The number of rotatable bonds is 8. The molecule has 0 aliphatic carbocycles. The van der Waals surface area contributed by atoms with Crippen LogP contribution >= 0.6 is 0 Å². The predicted octanol–water partition coefficient (Wildman–Crippen LogP) is 2.85. The van der Waals surface area contributed by atoms with Crippen LogP contribution in [0.1, 0.15) is 35.3 Å². The van der Waals surface area contributed by atoms with Crippen molar-refractivity contribution in [3.63, 3.8) is 0 Å². The topological polar surface area (TPSA) is 87.7 Å². The molecule has 0 heterocycles. The molecule has 0 spiro atoms. The average molecular weight is 415 g/mol. The van der Waals surface area contributed by atoms with Crippen molar-refractivity contribution in [3.8, 4) is 0 Å². The summed E-state index contributed by atoms with van der Waals surface area (Å²) in [5.41, 5.74) is 1.76. The Morgan fingerprint density at radius 3 is 2.40 bits per heavy atom. The maximum absolute atomic E-state index is 13.2. The van der Waals surface area contributed by atoms with Gasteiger partial charge in [0, 0.05) is 26.2 Å². The summed E-state index contributed by atoms with van der Waals surface area (Å²) in [5, 5.41) is 5.43. The Morgan fingerprint density at radius 1 is 1.07 bits per heavy atom. The van der Waals surface area contributed by atoms with Gasteiger partial charge in [-0.3, -0.25) is 4.79 Å². The molecule has 2 aromatic rings. The molecule has 0 aromatic heterocycles. The molecule has 2 rings (SSSR count). The van der Waals surface area contributed by atoms with Gasteiger partial charge in [-0.25, -0.2) is 14.0 Å². The molecule has 0 radical (unpaired) electrons. The van der Waals surface area contributed by atoms with Gasteiger partial charge in [-0.05, 0) is 49.2 Å². The number of esters is 1. The van der Waals surface area contributed by atoms with Crippen LogP contribution < -0.4 is 10.6 Å². The number of hydrogen-bond donors (Lipinski definition) is 2. The molecule has 0 aliphatic rings. The molecular weight excluding hydrogens is 389 g/mol.